The number of rotatable bonds is 3. The average Bonchev–Trinajstić information content (AvgIpc) is 3.00. The second-order valence-corrected chi connectivity index (χ2v) is 5.60. The van der Waals surface area contributed by atoms with Crippen LogP contribution >= 0.6 is 0 Å². The van der Waals surface area contributed by atoms with Gasteiger partial charge in [-0.1, -0.05) is 23.4 Å². The van der Waals surface area contributed by atoms with Gasteiger partial charge in [-0.15, -0.1) is 5.10 Å². The average molecular weight is 272 g/mol. The molecule has 0 unspecified atom stereocenters. The predicted molar refractivity (Wildman–Crippen MR) is 76.6 cm³/mol. The van der Waals surface area contributed by atoms with Crippen molar-refractivity contribution in [1.82, 2.24) is 15.0 Å². The lowest BCUT2D eigenvalue weighted by Crippen LogP contribution is -2.40. The second-order valence-electron chi connectivity index (χ2n) is 5.60. The van der Waals surface area contributed by atoms with E-state index in [2.05, 4.69) is 10.3 Å². The summed E-state index contributed by atoms with van der Waals surface area (Å²) >= 11 is 0. The normalized spacial score (nSPS) is 26.6. The first-order valence-electron chi connectivity index (χ1n) is 7.10. The Kier molecular flexibility index (Phi) is 3.54. The fraction of sp³-hybridized carbons (Fsp3) is 0.467. The van der Waals surface area contributed by atoms with Crippen molar-refractivity contribution in [1.29, 1.82) is 0 Å². The summed E-state index contributed by atoms with van der Waals surface area (Å²) < 4.78 is 1.79. The van der Waals surface area contributed by atoms with Crippen LogP contribution in [0.15, 0.2) is 36.5 Å². The lowest BCUT2D eigenvalue weighted by atomic mass is 9.71. The van der Waals surface area contributed by atoms with Crippen LogP contribution in [-0.2, 0) is 5.41 Å². The molecule has 3 rings (SSSR count). The van der Waals surface area contributed by atoms with Crippen molar-refractivity contribution in [3.05, 3.63) is 42.2 Å². The number of nitrogens with two attached hydrogens (primary N) is 1. The van der Waals surface area contributed by atoms with Gasteiger partial charge in [0.2, 0.25) is 0 Å². The van der Waals surface area contributed by atoms with Crippen LogP contribution in [0.3, 0.4) is 0 Å². The van der Waals surface area contributed by atoms with Gasteiger partial charge < -0.3 is 10.8 Å². The molecule has 1 saturated carbocycles. The monoisotopic (exact) mass is 272 g/mol. The van der Waals surface area contributed by atoms with Gasteiger partial charge in [-0.3, -0.25) is 0 Å². The van der Waals surface area contributed by atoms with E-state index in [0.717, 1.165) is 37.1 Å². The SMILES string of the molecule is NCC1(c2cn(-c3ccccc3)nn2)CCC(O)CC1. The first kappa shape index (κ1) is 13.3. The summed E-state index contributed by atoms with van der Waals surface area (Å²) in [5.74, 6) is 0. The fourth-order valence-corrected chi connectivity index (χ4v) is 2.93. The van der Waals surface area contributed by atoms with Gasteiger partial charge in [-0.2, -0.15) is 0 Å². The summed E-state index contributed by atoms with van der Waals surface area (Å²) in [4.78, 5) is 0. The molecule has 2 aromatic rings. The lowest BCUT2D eigenvalue weighted by molar-refractivity contribution is 0.0961. The standard InChI is InChI=1S/C15H20N4O/c16-11-15(8-6-13(20)7-9-15)14-10-19(18-17-14)12-4-2-1-3-5-12/h1-5,10,13,20H,6-9,11,16H2. The molecule has 0 aliphatic heterocycles. The number of hydrogen-bond donors (Lipinski definition) is 2. The summed E-state index contributed by atoms with van der Waals surface area (Å²) in [7, 11) is 0. The quantitative estimate of drug-likeness (QED) is 0.885. The molecule has 0 bridgehead atoms. The van der Waals surface area contributed by atoms with Crippen molar-refractivity contribution in [2.75, 3.05) is 6.54 Å². The Morgan fingerprint density at radius 1 is 1.25 bits per heavy atom. The highest BCUT2D eigenvalue weighted by Gasteiger charge is 2.37. The summed E-state index contributed by atoms with van der Waals surface area (Å²) in [6.07, 6.45) is 5.10. The van der Waals surface area contributed by atoms with E-state index >= 15 is 0 Å². The van der Waals surface area contributed by atoms with Crippen LogP contribution in [-0.4, -0.2) is 32.7 Å². The molecule has 1 aromatic heterocycles. The van der Waals surface area contributed by atoms with Crippen LogP contribution in [0.25, 0.3) is 5.69 Å². The van der Waals surface area contributed by atoms with Gasteiger partial charge in [0.25, 0.3) is 0 Å². The number of benzene rings is 1. The maximum Gasteiger partial charge on any atom is 0.0906 e. The van der Waals surface area contributed by atoms with E-state index < -0.39 is 0 Å². The van der Waals surface area contributed by atoms with Crippen molar-refractivity contribution >= 4 is 0 Å². The zero-order valence-corrected chi connectivity index (χ0v) is 11.4. The molecule has 106 valence electrons. The van der Waals surface area contributed by atoms with Crippen molar-refractivity contribution in [3.8, 4) is 5.69 Å². The molecule has 3 N–H and O–H groups in total. The minimum Gasteiger partial charge on any atom is -0.393 e. The Bertz CT molecular complexity index is 558. The Balaban J connectivity index is 1.89. The van der Waals surface area contributed by atoms with Gasteiger partial charge in [0, 0.05) is 12.0 Å². The molecule has 0 radical (unpaired) electrons. The molecule has 1 aliphatic carbocycles. The molecule has 0 saturated heterocycles. The summed E-state index contributed by atoms with van der Waals surface area (Å²) in [6.45, 7) is 0.549. The molecule has 5 nitrogen and oxygen atoms in total. The molecule has 20 heavy (non-hydrogen) atoms. The highest BCUT2D eigenvalue weighted by molar-refractivity contribution is 5.31. The van der Waals surface area contributed by atoms with Crippen LogP contribution in [0.5, 0.6) is 0 Å². The number of hydrogen-bond acceptors (Lipinski definition) is 4. The summed E-state index contributed by atoms with van der Waals surface area (Å²) in [6, 6.07) is 9.93. The minimum atomic E-state index is -0.196. The maximum atomic E-state index is 9.68. The van der Waals surface area contributed by atoms with E-state index in [1.165, 1.54) is 0 Å². The van der Waals surface area contributed by atoms with E-state index in [4.69, 9.17) is 5.73 Å². The van der Waals surface area contributed by atoms with Crippen LogP contribution in [0, 0.1) is 0 Å². The molecule has 1 aliphatic rings. The number of aromatic nitrogens is 3. The van der Waals surface area contributed by atoms with Gasteiger partial charge in [0.05, 0.1) is 23.7 Å². The number of nitrogens with zero attached hydrogens (tertiary/aromatic N) is 3. The highest BCUT2D eigenvalue weighted by atomic mass is 16.3. The van der Waals surface area contributed by atoms with Crippen molar-refractivity contribution in [2.45, 2.75) is 37.2 Å². The van der Waals surface area contributed by atoms with Crippen LogP contribution in [0.1, 0.15) is 31.4 Å². The van der Waals surface area contributed by atoms with Gasteiger partial charge in [0.15, 0.2) is 0 Å². The van der Waals surface area contributed by atoms with Crippen LogP contribution < -0.4 is 5.73 Å². The minimum absolute atomic E-state index is 0.133. The first-order valence-corrected chi connectivity index (χ1v) is 7.10. The van der Waals surface area contributed by atoms with Crippen LogP contribution in [0.2, 0.25) is 0 Å². The third-order valence-corrected chi connectivity index (χ3v) is 4.36. The maximum absolute atomic E-state index is 9.68. The lowest BCUT2D eigenvalue weighted by Gasteiger charge is -2.36. The second kappa shape index (κ2) is 5.34. The number of para-hydroxylation sites is 1. The molecule has 0 atom stereocenters. The zero-order chi connectivity index (χ0) is 14.0. The number of aliphatic hydroxyl groups excluding tert-OH is 1. The number of aliphatic hydroxyl groups is 1. The largest absolute Gasteiger partial charge is 0.393 e. The van der Waals surface area contributed by atoms with Gasteiger partial charge in [0.1, 0.15) is 0 Å². The topological polar surface area (TPSA) is 77.0 Å². The molecule has 5 heteroatoms. The Morgan fingerprint density at radius 3 is 2.60 bits per heavy atom. The molecule has 1 fully saturated rings. The first-order chi connectivity index (χ1) is 9.73. The third kappa shape index (κ3) is 2.34. The van der Waals surface area contributed by atoms with Gasteiger partial charge in [-0.25, -0.2) is 4.68 Å². The summed E-state index contributed by atoms with van der Waals surface area (Å²) in [5, 5.41) is 18.2. The van der Waals surface area contributed by atoms with E-state index in [1.54, 1.807) is 4.68 Å². The van der Waals surface area contributed by atoms with Crippen molar-refractivity contribution < 1.29 is 5.11 Å². The molecule has 1 heterocycles. The third-order valence-electron chi connectivity index (χ3n) is 4.36. The Hall–Kier alpha value is -1.72. The summed E-state index contributed by atoms with van der Waals surface area (Å²) in [5.41, 5.74) is 7.81. The van der Waals surface area contributed by atoms with E-state index in [0.29, 0.717) is 6.54 Å². The van der Waals surface area contributed by atoms with E-state index in [-0.39, 0.29) is 11.5 Å². The molecule has 0 spiro atoms. The van der Waals surface area contributed by atoms with Gasteiger partial charge in [-0.05, 0) is 37.8 Å². The fourth-order valence-electron chi connectivity index (χ4n) is 2.93. The van der Waals surface area contributed by atoms with Crippen molar-refractivity contribution in [3.63, 3.8) is 0 Å². The highest BCUT2D eigenvalue weighted by Crippen LogP contribution is 2.37. The molecule has 0 amide bonds. The zero-order valence-electron chi connectivity index (χ0n) is 11.4. The molecular weight excluding hydrogens is 252 g/mol. The van der Waals surface area contributed by atoms with Crippen molar-refractivity contribution in [2.24, 2.45) is 5.73 Å². The van der Waals surface area contributed by atoms with E-state index in [9.17, 15) is 5.11 Å². The van der Waals surface area contributed by atoms with Gasteiger partial charge >= 0.3 is 0 Å². The Labute approximate surface area is 118 Å². The predicted octanol–water partition coefficient (Wildman–Crippen LogP) is 1.40. The van der Waals surface area contributed by atoms with E-state index in [1.807, 2.05) is 36.5 Å². The smallest absolute Gasteiger partial charge is 0.0906 e. The molecule has 1 aromatic carbocycles. The Morgan fingerprint density at radius 2 is 1.95 bits per heavy atom. The molecular formula is C15H20N4O. The van der Waals surface area contributed by atoms with Crippen LogP contribution in [0.4, 0.5) is 0 Å².